The van der Waals surface area contributed by atoms with Crippen molar-refractivity contribution in [3.05, 3.63) is 72.1 Å². The summed E-state index contributed by atoms with van der Waals surface area (Å²) in [6.07, 6.45) is 0.220. The summed E-state index contributed by atoms with van der Waals surface area (Å²) in [5, 5.41) is 2.62. The van der Waals surface area contributed by atoms with E-state index in [0.717, 1.165) is 5.56 Å². The fourth-order valence-corrected chi connectivity index (χ4v) is 2.68. The molecule has 1 atom stereocenters. The van der Waals surface area contributed by atoms with E-state index in [0.29, 0.717) is 22.8 Å². The number of rotatable bonds is 7. The van der Waals surface area contributed by atoms with Crippen molar-refractivity contribution in [2.24, 2.45) is 0 Å². The van der Waals surface area contributed by atoms with Crippen molar-refractivity contribution in [3.8, 4) is 11.5 Å². The van der Waals surface area contributed by atoms with Gasteiger partial charge in [0.2, 0.25) is 5.89 Å². The highest BCUT2D eigenvalue weighted by molar-refractivity contribution is 6.04. The van der Waals surface area contributed by atoms with Gasteiger partial charge in [0.15, 0.2) is 11.9 Å². The molecule has 0 aliphatic carbocycles. The van der Waals surface area contributed by atoms with Gasteiger partial charge >= 0.3 is 5.97 Å². The van der Waals surface area contributed by atoms with E-state index in [1.165, 1.54) is 20.1 Å². The van der Waals surface area contributed by atoms with Gasteiger partial charge in [0.05, 0.1) is 17.8 Å². The number of Topliss-reactive ketones (excluding diaryl/α,β-unsaturated/α-hetero) is 1. The van der Waals surface area contributed by atoms with Crippen LogP contribution in [-0.2, 0) is 20.7 Å². The van der Waals surface area contributed by atoms with E-state index in [9.17, 15) is 14.4 Å². The van der Waals surface area contributed by atoms with Crippen molar-refractivity contribution < 1.29 is 23.5 Å². The molecule has 1 amide bonds. The lowest BCUT2D eigenvalue weighted by Gasteiger charge is -2.14. The Labute approximate surface area is 167 Å². The second-order valence-electron chi connectivity index (χ2n) is 6.41. The molecule has 3 aromatic rings. The number of anilines is 1. The monoisotopic (exact) mass is 392 g/mol. The maximum absolute atomic E-state index is 12.3. The Kier molecular flexibility index (Phi) is 6.19. The van der Waals surface area contributed by atoms with Crippen LogP contribution in [0.3, 0.4) is 0 Å². The first-order valence-electron chi connectivity index (χ1n) is 9.04. The molecule has 0 fully saturated rings. The molecule has 148 valence electrons. The maximum Gasteiger partial charge on any atom is 0.312 e. The zero-order valence-electron chi connectivity index (χ0n) is 16.0. The summed E-state index contributed by atoms with van der Waals surface area (Å²) in [7, 11) is 0. The number of ether oxygens (including phenoxy) is 1. The SMILES string of the molecule is CC(=O)c1ccccc1NC(=O)C(C)OC(=O)Cc1coc(-c2ccccc2)n1. The first-order valence-corrected chi connectivity index (χ1v) is 9.04. The predicted molar refractivity (Wildman–Crippen MR) is 106 cm³/mol. The summed E-state index contributed by atoms with van der Waals surface area (Å²) >= 11 is 0. The van der Waals surface area contributed by atoms with E-state index in [1.807, 2.05) is 30.3 Å². The number of para-hydroxylation sites is 1. The summed E-state index contributed by atoms with van der Waals surface area (Å²) in [6, 6.07) is 15.9. The number of carbonyl (C=O) groups is 3. The van der Waals surface area contributed by atoms with E-state index in [2.05, 4.69) is 10.3 Å². The molecule has 3 rings (SSSR count). The topological polar surface area (TPSA) is 98.5 Å². The van der Waals surface area contributed by atoms with Crippen LogP contribution >= 0.6 is 0 Å². The van der Waals surface area contributed by atoms with Crippen LogP contribution in [-0.4, -0.2) is 28.7 Å². The van der Waals surface area contributed by atoms with Crippen LogP contribution < -0.4 is 5.32 Å². The van der Waals surface area contributed by atoms with E-state index in [4.69, 9.17) is 9.15 Å². The van der Waals surface area contributed by atoms with Gasteiger partial charge in [-0.05, 0) is 38.1 Å². The second-order valence-corrected chi connectivity index (χ2v) is 6.41. The highest BCUT2D eigenvalue weighted by Crippen LogP contribution is 2.19. The Balaban J connectivity index is 1.57. The van der Waals surface area contributed by atoms with Gasteiger partial charge in [-0.3, -0.25) is 14.4 Å². The Morgan fingerprint density at radius 3 is 2.48 bits per heavy atom. The molecule has 0 saturated heterocycles. The molecule has 0 radical (unpaired) electrons. The average Bonchev–Trinajstić information content (AvgIpc) is 3.17. The van der Waals surface area contributed by atoms with Crippen LogP contribution in [0.25, 0.3) is 11.5 Å². The number of oxazole rings is 1. The van der Waals surface area contributed by atoms with Crippen LogP contribution in [0.5, 0.6) is 0 Å². The molecule has 7 heteroatoms. The van der Waals surface area contributed by atoms with Crippen molar-refractivity contribution in [2.75, 3.05) is 5.32 Å². The first-order chi connectivity index (χ1) is 13.9. The largest absolute Gasteiger partial charge is 0.452 e. The molecular formula is C22H20N2O5. The lowest BCUT2D eigenvalue weighted by molar-refractivity contribution is -0.152. The number of benzene rings is 2. The number of nitrogens with zero attached hydrogens (tertiary/aromatic N) is 1. The zero-order valence-corrected chi connectivity index (χ0v) is 16.0. The number of esters is 1. The molecule has 29 heavy (non-hydrogen) atoms. The highest BCUT2D eigenvalue weighted by Gasteiger charge is 2.20. The van der Waals surface area contributed by atoms with Gasteiger partial charge < -0.3 is 14.5 Å². The maximum atomic E-state index is 12.3. The Bertz CT molecular complexity index is 1030. The van der Waals surface area contributed by atoms with E-state index < -0.39 is 18.0 Å². The Morgan fingerprint density at radius 2 is 1.76 bits per heavy atom. The van der Waals surface area contributed by atoms with Crippen molar-refractivity contribution in [1.29, 1.82) is 0 Å². The number of hydrogen-bond acceptors (Lipinski definition) is 6. The van der Waals surface area contributed by atoms with Crippen LogP contribution in [0.4, 0.5) is 5.69 Å². The zero-order chi connectivity index (χ0) is 20.8. The molecule has 0 spiro atoms. The fraction of sp³-hybridized carbons (Fsp3) is 0.182. The summed E-state index contributed by atoms with van der Waals surface area (Å²) in [5.41, 5.74) is 1.96. The van der Waals surface area contributed by atoms with E-state index in [1.54, 1.807) is 24.3 Å². The van der Waals surface area contributed by atoms with Gasteiger partial charge in [0, 0.05) is 11.1 Å². The molecule has 0 aliphatic rings. The molecular weight excluding hydrogens is 372 g/mol. The molecule has 0 bridgehead atoms. The van der Waals surface area contributed by atoms with Gasteiger partial charge in [-0.25, -0.2) is 4.98 Å². The Hall–Kier alpha value is -3.74. The minimum Gasteiger partial charge on any atom is -0.452 e. The first kappa shape index (κ1) is 20.0. The van der Waals surface area contributed by atoms with Crippen LogP contribution in [0.2, 0.25) is 0 Å². The normalized spacial score (nSPS) is 11.5. The van der Waals surface area contributed by atoms with Crippen molar-refractivity contribution >= 4 is 23.3 Å². The van der Waals surface area contributed by atoms with Gasteiger partial charge in [0.1, 0.15) is 6.26 Å². The number of hydrogen-bond donors (Lipinski definition) is 1. The van der Waals surface area contributed by atoms with Crippen molar-refractivity contribution in [2.45, 2.75) is 26.4 Å². The molecule has 0 saturated carbocycles. The standard InChI is InChI=1S/C22H20N2O5/c1-14(25)18-10-6-7-11-19(18)24-21(27)15(2)29-20(26)12-17-13-28-22(23-17)16-8-4-3-5-9-16/h3-11,13,15H,12H2,1-2H3,(H,24,27). The summed E-state index contributed by atoms with van der Waals surface area (Å²) < 4.78 is 10.6. The quantitative estimate of drug-likeness (QED) is 0.487. The molecule has 1 heterocycles. The van der Waals surface area contributed by atoms with Crippen LogP contribution in [0.15, 0.2) is 65.3 Å². The third-order valence-electron chi connectivity index (χ3n) is 4.14. The number of ketones is 1. The third-order valence-corrected chi connectivity index (χ3v) is 4.14. The lowest BCUT2D eigenvalue weighted by Crippen LogP contribution is -2.31. The number of aromatic nitrogens is 1. The molecule has 0 aliphatic heterocycles. The summed E-state index contributed by atoms with van der Waals surface area (Å²) in [4.78, 5) is 40.4. The number of carbonyl (C=O) groups excluding carboxylic acids is 3. The number of amides is 1. The summed E-state index contributed by atoms with van der Waals surface area (Å²) in [5.74, 6) is -0.913. The lowest BCUT2D eigenvalue weighted by atomic mass is 10.1. The Morgan fingerprint density at radius 1 is 1.07 bits per heavy atom. The molecule has 1 aromatic heterocycles. The van der Waals surface area contributed by atoms with Crippen LogP contribution in [0.1, 0.15) is 29.9 Å². The highest BCUT2D eigenvalue weighted by atomic mass is 16.5. The minimum atomic E-state index is -1.04. The number of nitrogens with one attached hydrogen (secondary N) is 1. The molecule has 2 aromatic carbocycles. The smallest absolute Gasteiger partial charge is 0.312 e. The minimum absolute atomic E-state index is 0.127. The molecule has 1 unspecified atom stereocenters. The molecule has 7 nitrogen and oxygen atoms in total. The van der Waals surface area contributed by atoms with Gasteiger partial charge in [-0.2, -0.15) is 0 Å². The van der Waals surface area contributed by atoms with E-state index >= 15 is 0 Å². The van der Waals surface area contributed by atoms with Crippen LogP contribution in [0, 0.1) is 0 Å². The van der Waals surface area contributed by atoms with E-state index in [-0.39, 0.29) is 12.2 Å². The average molecular weight is 392 g/mol. The second kappa shape index (κ2) is 8.97. The predicted octanol–water partition coefficient (Wildman–Crippen LogP) is 3.66. The van der Waals surface area contributed by atoms with Crippen molar-refractivity contribution in [3.63, 3.8) is 0 Å². The fourth-order valence-electron chi connectivity index (χ4n) is 2.68. The van der Waals surface area contributed by atoms with Gasteiger partial charge in [0.25, 0.3) is 5.91 Å². The molecule has 1 N–H and O–H groups in total. The van der Waals surface area contributed by atoms with Crippen molar-refractivity contribution in [1.82, 2.24) is 4.98 Å². The van der Waals surface area contributed by atoms with Gasteiger partial charge in [-0.15, -0.1) is 0 Å². The summed E-state index contributed by atoms with van der Waals surface area (Å²) in [6.45, 7) is 2.87. The third kappa shape index (κ3) is 5.16. The van der Waals surface area contributed by atoms with Gasteiger partial charge in [-0.1, -0.05) is 30.3 Å².